The lowest BCUT2D eigenvalue weighted by Crippen LogP contribution is -2.23. The van der Waals surface area contributed by atoms with Crippen LogP contribution in [0.15, 0.2) is 45.8 Å². The van der Waals surface area contributed by atoms with Crippen molar-refractivity contribution in [1.29, 1.82) is 0 Å². The summed E-state index contributed by atoms with van der Waals surface area (Å²) in [6.45, 7) is 0. The average molecular weight is 436 g/mol. The second-order valence-electron chi connectivity index (χ2n) is 5.01. The van der Waals surface area contributed by atoms with Crippen molar-refractivity contribution in [3.63, 3.8) is 0 Å². The van der Waals surface area contributed by atoms with Crippen LogP contribution in [0.3, 0.4) is 0 Å². The summed E-state index contributed by atoms with van der Waals surface area (Å²) in [6, 6.07) is 7.91. The van der Waals surface area contributed by atoms with Gasteiger partial charge in [0.05, 0.1) is 21.2 Å². The maximum atomic E-state index is 13.8. The Balaban J connectivity index is 2.39. The number of halogens is 3. The first-order valence-electron chi connectivity index (χ1n) is 6.61. The van der Waals surface area contributed by atoms with Crippen LogP contribution in [0, 0.1) is 5.82 Å². The number of anilines is 1. The molecule has 0 radical (unpaired) electrons. The Labute approximate surface area is 152 Å². The van der Waals surface area contributed by atoms with Crippen LogP contribution in [0.5, 0.6) is 0 Å². The zero-order chi connectivity index (χ0) is 18.1. The van der Waals surface area contributed by atoms with Crippen molar-refractivity contribution < 1.29 is 17.6 Å². The summed E-state index contributed by atoms with van der Waals surface area (Å²) >= 11 is 9.10. The van der Waals surface area contributed by atoms with E-state index in [0.717, 1.165) is 10.4 Å². The van der Waals surface area contributed by atoms with Crippen molar-refractivity contribution in [2.75, 3.05) is 19.4 Å². The lowest BCUT2D eigenvalue weighted by molar-refractivity contribution is 0.102. The minimum Gasteiger partial charge on any atom is -0.319 e. The van der Waals surface area contributed by atoms with Crippen molar-refractivity contribution in [2.24, 2.45) is 0 Å². The van der Waals surface area contributed by atoms with Crippen molar-refractivity contribution in [3.8, 4) is 0 Å². The third-order valence-corrected chi connectivity index (χ3v) is 5.77. The van der Waals surface area contributed by atoms with Crippen LogP contribution >= 0.6 is 27.5 Å². The molecule has 5 nitrogen and oxygen atoms in total. The molecule has 0 spiro atoms. The van der Waals surface area contributed by atoms with Gasteiger partial charge in [0.15, 0.2) is 0 Å². The predicted octanol–water partition coefficient (Wildman–Crippen LogP) is 3.74. The number of sulfonamides is 1. The summed E-state index contributed by atoms with van der Waals surface area (Å²) in [7, 11) is -0.970. The van der Waals surface area contributed by atoms with E-state index in [4.69, 9.17) is 11.6 Å². The van der Waals surface area contributed by atoms with Gasteiger partial charge in [-0.3, -0.25) is 4.79 Å². The predicted molar refractivity (Wildman–Crippen MR) is 94.4 cm³/mol. The Bertz CT molecular complexity index is 904. The van der Waals surface area contributed by atoms with E-state index < -0.39 is 21.7 Å². The number of nitrogens with one attached hydrogen (secondary N) is 1. The largest absolute Gasteiger partial charge is 0.319 e. The van der Waals surface area contributed by atoms with Crippen LogP contribution in [-0.2, 0) is 10.0 Å². The molecule has 0 heterocycles. The van der Waals surface area contributed by atoms with Crippen LogP contribution in [0.1, 0.15) is 10.4 Å². The Morgan fingerprint density at radius 1 is 1.21 bits per heavy atom. The Kier molecular flexibility index (Phi) is 5.64. The Hall–Kier alpha value is -1.48. The van der Waals surface area contributed by atoms with Gasteiger partial charge in [-0.25, -0.2) is 17.1 Å². The minimum absolute atomic E-state index is 0.0415. The van der Waals surface area contributed by atoms with Gasteiger partial charge in [0.1, 0.15) is 5.82 Å². The smallest absolute Gasteiger partial charge is 0.257 e. The standard InChI is InChI=1S/C15H13BrClFN2O3S/c1-20(2)24(22,23)10-4-5-12(17)11(8-10)15(21)19-14-6-3-9(16)7-13(14)18/h3-8H,1-2H3,(H,19,21). The molecule has 2 aromatic rings. The molecule has 128 valence electrons. The van der Waals surface area contributed by atoms with E-state index in [1.54, 1.807) is 6.07 Å². The first kappa shape index (κ1) is 18.9. The zero-order valence-electron chi connectivity index (χ0n) is 12.7. The molecule has 0 aliphatic heterocycles. The van der Waals surface area contributed by atoms with Gasteiger partial charge in [0.2, 0.25) is 10.0 Å². The number of hydrogen-bond donors (Lipinski definition) is 1. The Morgan fingerprint density at radius 3 is 2.46 bits per heavy atom. The van der Waals surface area contributed by atoms with Crippen molar-refractivity contribution in [2.45, 2.75) is 4.90 Å². The molecule has 1 amide bonds. The topological polar surface area (TPSA) is 66.5 Å². The van der Waals surface area contributed by atoms with E-state index in [0.29, 0.717) is 4.47 Å². The molecule has 0 atom stereocenters. The van der Waals surface area contributed by atoms with E-state index in [2.05, 4.69) is 21.2 Å². The maximum absolute atomic E-state index is 13.8. The van der Waals surface area contributed by atoms with Crippen LogP contribution in [-0.4, -0.2) is 32.7 Å². The number of carbonyl (C=O) groups is 1. The molecule has 0 aliphatic rings. The summed E-state index contributed by atoms with van der Waals surface area (Å²) in [4.78, 5) is 12.3. The molecular weight excluding hydrogens is 423 g/mol. The number of rotatable bonds is 4. The van der Waals surface area contributed by atoms with Crippen LogP contribution in [0.2, 0.25) is 5.02 Å². The van der Waals surface area contributed by atoms with Gasteiger partial charge in [-0.2, -0.15) is 0 Å². The molecule has 2 aromatic carbocycles. The van der Waals surface area contributed by atoms with E-state index in [1.807, 2.05) is 0 Å². The number of carbonyl (C=O) groups excluding carboxylic acids is 1. The fourth-order valence-corrected chi connectivity index (χ4v) is 3.30. The van der Waals surface area contributed by atoms with Gasteiger partial charge in [-0.05, 0) is 36.4 Å². The van der Waals surface area contributed by atoms with E-state index in [-0.39, 0.29) is 21.2 Å². The lowest BCUT2D eigenvalue weighted by atomic mass is 10.2. The van der Waals surface area contributed by atoms with Crippen molar-refractivity contribution in [1.82, 2.24) is 4.31 Å². The monoisotopic (exact) mass is 434 g/mol. The molecule has 24 heavy (non-hydrogen) atoms. The molecule has 0 unspecified atom stereocenters. The SMILES string of the molecule is CN(C)S(=O)(=O)c1ccc(Cl)c(C(=O)Nc2ccc(Br)cc2F)c1. The van der Waals surface area contributed by atoms with E-state index in [1.165, 1.54) is 38.4 Å². The van der Waals surface area contributed by atoms with Crippen molar-refractivity contribution >= 4 is 49.1 Å². The third kappa shape index (κ3) is 3.94. The normalized spacial score (nSPS) is 11.6. The zero-order valence-corrected chi connectivity index (χ0v) is 15.8. The highest BCUT2D eigenvalue weighted by atomic mass is 79.9. The molecule has 0 bridgehead atoms. The highest BCUT2D eigenvalue weighted by Crippen LogP contribution is 2.25. The summed E-state index contributed by atoms with van der Waals surface area (Å²) in [5, 5.41) is 2.43. The molecular formula is C15H13BrClFN2O3S. The van der Waals surface area contributed by atoms with Crippen molar-refractivity contribution in [3.05, 3.63) is 57.3 Å². The third-order valence-electron chi connectivity index (χ3n) is 3.14. The summed E-state index contributed by atoms with van der Waals surface area (Å²) in [5.74, 6) is -1.34. The molecule has 0 saturated carbocycles. The highest BCUT2D eigenvalue weighted by molar-refractivity contribution is 9.10. The number of nitrogens with zero attached hydrogens (tertiary/aromatic N) is 1. The van der Waals surface area contributed by atoms with E-state index in [9.17, 15) is 17.6 Å². The molecule has 9 heteroatoms. The fourth-order valence-electron chi connectivity index (χ4n) is 1.83. The quantitative estimate of drug-likeness (QED) is 0.795. The summed E-state index contributed by atoms with van der Waals surface area (Å²) in [5.41, 5.74) is -0.109. The van der Waals surface area contributed by atoms with Crippen LogP contribution in [0.4, 0.5) is 10.1 Å². The van der Waals surface area contributed by atoms with Gasteiger partial charge < -0.3 is 5.32 Å². The number of amides is 1. The average Bonchev–Trinajstić information content (AvgIpc) is 2.50. The first-order valence-corrected chi connectivity index (χ1v) is 9.22. The summed E-state index contributed by atoms with van der Waals surface area (Å²) in [6.07, 6.45) is 0. The van der Waals surface area contributed by atoms with E-state index >= 15 is 0 Å². The number of benzene rings is 2. The number of hydrogen-bond acceptors (Lipinski definition) is 3. The molecule has 0 fully saturated rings. The van der Waals surface area contributed by atoms with Gasteiger partial charge in [0, 0.05) is 18.6 Å². The van der Waals surface area contributed by atoms with Gasteiger partial charge in [-0.15, -0.1) is 0 Å². The molecule has 0 saturated heterocycles. The van der Waals surface area contributed by atoms with Gasteiger partial charge in [0.25, 0.3) is 5.91 Å². The Morgan fingerprint density at radius 2 is 1.88 bits per heavy atom. The summed E-state index contributed by atoms with van der Waals surface area (Å²) < 4.78 is 39.7. The highest BCUT2D eigenvalue weighted by Gasteiger charge is 2.21. The first-order chi connectivity index (χ1) is 11.1. The molecule has 2 rings (SSSR count). The molecule has 0 aliphatic carbocycles. The maximum Gasteiger partial charge on any atom is 0.257 e. The fraction of sp³-hybridized carbons (Fsp3) is 0.133. The molecule has 1 N–H and O–H groups in total. The minimum atomic E-state index is -3.72. The van der Waals surface area contributed by atoms with Gasteiger partial charge in [-0.1, -0.05) is 27.5 Å². The van der Waals surface area contributed by atoms with Crippen LogP contribution < -0.4 is 5.32 Å². The second-order valence-corrected chi connectivity index (χ2v) is 8.48. The molecule has 0 aromatic heterocycles. The van der Waals surface area contributed by atoms with Gasteiger partial charge >= 0.3 is 0 Å². The van der Waals surface area contributed by atoms with Crippen LogP contribution in [0.25, 0.3) is 0 Å². The lowest BCUT2D eigenvalue weighted by Gasteiger charge is -2.13. The second kappa shape index (κ2) is 7.18.